The lowest BCUT2D eigenvalue weighted by atomic mass is 10.1. The summed E-state index contributed by atoms with van der Waals surface area (Å²) in [6.07, 6.45) is -0.852. The van der Waals surface area contributed by atoms with E-state index in [1.807, 2.05) is 37.5 Å². The summed E-state index contributed by atoms with van der Waals surface area (Å²) in [5, 5.41) is 4.18. The molecular weight excluding hydrogens is 443 g/mol. The highest BCUT2D eigenvalue weighted by molar-refractivity contribution is 6.01. The van der Waals surface area contributed by atoms with Crippen molar-refractivity contribution in [3.05, 3.63) is 101 Å². The first-order chi connectivity index (χ1) is 16.3. The molecule has 3 aromatic carbocycles. The van der Waals surface area contributed by atoms with E-state index in [1.54, 1.807) is 27.9 Å². The van der Waals surface area contributed by atoms with E-state index >= 15 is 0 Å². The molecule has 2 heterocycles. The third-order valence-corrected chi connectivity index (χ3v) is 5.75. The Morgan fingerprint density at radius 1 is 0.941 bits per heavy atom. The molecule has 1 aromatic heterocycles. The van der Waals surface area contributed by atoms with Gasteiger partial charge in [0, 0.05) is 31.9 Å². The number of alkyl halides is 3. The fraction of sp³-hybridized carbons (Fsp3) is 0.154. The van der Waals surface area contributed by atoms with Gasteiger partial charge in [0.1, 0.15) is 11.5 Å². The largest absolute Gasteiger partial charge is 0.456 e. The van der Waals surface area contributed by atoms with Crippen LogP contribution in [-0.2, 0) is 26.3 Å². The van der Waals surface area contributed by atoms with Crippen LogP contribution in [0.4, 0.5) is 13.2 Å². The Balaban J connectivity index is 1.36. The number of nitrogens with zero attached hydrogens (tertiary/aromatic N) is 3. The fourth-order valence-corrected chi connectivity index (χ4v) is 4.10. The second-order valence-corrected chi connectivity index (χ2v) is 8.15. The molecule has 5 rings (SSSR count). The first-order valence-electron chi connectivity index (χ1n) is 10.6. The number of fused-ring (bicyclic) bond motifs is 1. The average molecular weight is 463 g/mol. The van der Waals surface area contributed by atoms with E-state index in [9.17, 15) is 18.0 Å². The van der Waals surface area contributed by atoms with Crippen LogP contribution in [0.15, 0.2) is 79.1 Å². The molecular formula is C26H20F3N3O2. The number of hydrogen-bond acceptors (Lipinski definition) is 3. The standard InChI is InChI=1S/C26H20F3N3O2/c1-31-15-20(13-30-31)18-11-9-17(10-12-18)14-32-16-19-5-4-8-23(24(19)25(32)33)34-22-7-3-2-6-21(22)26(27,28)29/h2-13,15H,14,16H2,1H3. The lowest BCUT2D eigenvalue weighted by Gasteiger charge is -2.17. The normalized spacial score (nSPS) is 13.3. The molecule has 0 aliphatic carbocycles. The Bertz CT molecular complexity index is 1360. The number of para-hydroxylation sites is 1. The van der Waals surface area contributed by atoms with Gasteiger partial charge in [-0.25, -0.2) is 0 Å². The van der Waals surface area contributed by atoms with Gasteiger partial charge >= 0.3 is 6.18 Å². The molecule has 1 aliphatic rings. The molecule has 172 valence electrons. The van der Waals surface area contributed by atoms with Gasteiger partial charge in [0.15, 0.2) is 0 Å². The van der Waals surface area contributed by atoms with Gasteiger partial charge in [-0.15, -0.1) is 0 Å². The number of carbonyl (C=O) groups excluding carboxylic acids is 1. The lowest BCUT2D eigenvalue weighted by Crippen LogP contribution is -2.23. The van der Waals surface area contributed by atoms with Crippen molar-refractivity contribution < 1.29 is 22.7 Å². The molecule has 0 spiro atoms. The summed E-state index contributed by atoms with van der Waals surface area (Å²) in [6.45, 7) is 0.732. The van der Waals surface area contributed by atoms with Crippen molar-refractivity contribution in [3.63, 3.8) is 0 Å². The topological polar surface area (TPSA) is 47.4 Å². The predicted molar refractivity (Wildman–Crippen MR) is 120 cm³/mol. The summed E-state index contributed by atoms with van der Waals surface area (Å²) in [5.74, 6) is -0.485. The monoisotopic (exact) mass is 463 g/mol. The van der Waals surface area contributed by atoms with Crippen LogP contribution in [-0.4, -0.2) is 20.6 Å². The summed E-state index contributed by atoms with van der Waals surface area (Å²) in [5.41, 5.74) is 3.10. The Morgan fingerprint density at radius 3 is 2.38 bits per heavy atom. The number of aryl methyl sites for hydroxylation is 1. The van der Waals surface area contributed by atoms with Crippen molar-refractivity contribution in [2.75, 3.05) is 0 Å². The molecule has 1 amide bonds. The number of carbonyl (C=O) groups is 1. The highest BCUT2D eigenvalue weighted by atomic mass is 19.4. The maximum absolute atomic E-state index is 13.4. The van der Waals surface area contributed by atoms with Gasteiger partial charge < -0.3 is 9.64 Å². The molecule has 4 aromatic rings. The van der Waals surface area contributed by atoms with Gasteiger partial charge in [0.2, 0.25) is 0 Å². The highest BCUT2D eigenvalue weighted by Gasteiger charge is 2.35. The van der Waals surface area contributed by atoms with Crippen LogP contribution in [0.1, 0.15) is 27.0 Å². The third-order valence-electron chi connectivity index (χ3n) is 5.75. The zero-order valence-electron chi connectivity index (χ0n) is 18.2. The third kappa shape index (κ3) is 4.14. The SMILES string of the molecule is Cn1cc(-c2ccc(CN3Cc4cccc(Oc5ccccc5C(F)(F)F)c4C3=O)cc2)cn1. The van der Waals surface area contributed by atoms with Crippen molar-refractivity contribution in [2.45, 2.75) is 19.3 Å². The van der Waals surface area contributed by atoms with Crippen LogP contribution in [0.25, 0.3) is 11.1 Å². The maximum atomic E-state index is 13.4. The molecule has 34 heavy (non-hydrogen) atoms. The first kappa shape index (κ1) is 21.8. The number of halogens is 3. The molecule has 1 aliphatic heterocycles. The minimum absolute atomic E-state index is 0.119. The van der Waals surface area contributed by atoms with Crippen molar-refractivity contribution in [2.24, 2.45) is 7.05 Å². The van der Waals surface area contributed by atoms with Crippen LogP contribution in [0.3, 0.4) is 0 Å². The van der Waals surface area contributed by atoms with Gasteiger partial charge in [-0.05, 0) is 34.9 Å². The summed E-state index contributed by atoms with van der Waals surface area (Å²) < 4.78 is 47.5. The molecule has 0 N–H and O–H groups in total. The van der Waals surface area contributed by atoms with E-state index < -0.39 is 11.7 Å². The number of hydrogen-bond donors (Lipinski definition) is 0. The van der Waals surface area contributed by atoms with Crippen molar-refractivity contribution in [1.29, 1.82) is 0 Å². The summed E-state index contributed by atoms with van der Waals surface area (Å²) in [6, 6.07) is 17.8. The Labute approximate surface area is 194 Å². The van der Waals surface area contributed by atoms with Gasteiger partial charge in [-0.3, -0.25) is 9.48 Å². The molecule has 0 fully saturated rings. The molecule has 5 nitrogen and oxygen atoms in total. The number of benzene rings is 3. The molecule has 0 unspecified atom stereocenters. The zero-order valence-corrected chi connectivity index (χ0v) is 18.2. The smallest absolute Gasteiger partial charge is 0.419 e. The fourth-order valence-electron chi connectivity index (χ4n) is 4.10. The first-order valence-corrected chi connectivity index (χ1v) is 10.6. The van der Waals surface area contributed by atoms with E-state index in [0.29, 0.717) is 18.7 Å². The molecule has 0 radical (unpaired) electrons. The average Bonchev–Trinajstić information content (AvgIpc) is 3.38. The van der Waals surface area contributed by atoms with Gasteiger partial charge in [-0.1, -0.05) is 48.5 Å². The zero-order chi connectivity index (χ0) is 23.9. The minimum Gasteiger partial charge on any atom is -0.456 e. The highest BCUT2D eigenvalue weighted by Crippen LogP contribution is 2.40. The van der Waals surface area contributed by atoms with Crippen LogP contribution in [0, 0.1) is 0 Å². The van der Waals surface area contributed by atoms with Crippen molar-refractivity contribution in [3.8, 4) is 22.6 Å². The van der Waals surface area contributed by atoms with E-state index in [-0.39, 0.29) is 17.4 Å². The summed E-state index contributed by atoms with van der Waals surface area (Å²) in [4.78, 5) is 14.9. The Morgan fingerprint density at radius 2 is 1.68 bits per heavy atom. The summed E-state index contributed by atoms with van der Waals surface area (Å²) in [7, 11) is 1.86. The Hall–Kier alpha value is -4.07. The van der Waals surface area contributed by atoms with Crippen LogP contribution >= 0.6 is 0 Å². The van der Waals surface area contributed by atoms with Gasteiger partial charge in [-0.2, -0.15) is 18.3 Å². The van der Waals surface area contributed by atoms with Crippen LogP contribution in [0.2, 0.25) is 0 Å². The van der Waals surface area contributed by atoms with E-state index in [2.05, 4.69) is 5.10 Å². The molecule has 0 bridgehead atoms. The van der Waals surface area contributed by atoms with Gasteiger partial charge in [0.25, 0.3) is 5.91 Å². The molecule has 0 atom stereocenters. The van der Waals surface area contributed by atoms with Crippen LogP contribution < -0.4 is 4.74 Å². The minimum atomic E-state index is -4.56. The Kier molecular flexibility index (Phi) is 5.36. The summed E-state index contributed by atoms with van der Waals surface area (Å²) >= 11 is 0. The molecule has 8 heteroatoms. The molecule has 0 saturated carbocycles. The van der Waals surface area contributed by atoms with Crippen molar-refractivity contribution >= 4 is 5.91 Å². The second kappa shape index (κ2) is 8.37. The number of aromatic nitrogens is 2. The van der Waals surface area contributed by atoms with Crippen LogP contribution in [0.5, 0.6) is 11.5 Å². The quantitative estimate of drug-likeness (QED) is 0.362. The number of ether oxygens (including phenoxy) is 1. The van der Waals surface area contributed by atoms with E-state index in [4.69, 9.17) is 4.74 Å². The maximum Gasteiger partial charge on any atom is 0.419 e. The number of amides is 1. The lowest BCUT2D eigenvalue weighted by molar-refractivity contribution is -0.138. The number of rotatable bonds is 5. The van der Waals surface area contributed by atoms with Gasteiger partial charge in [0.05, 0.1) is 17.3 Å². The predicted octanol–water partition coefficient (Wildman–Crippen LogP) is 6.05. The van der Waals surface area contributed by atoms with E-state index in [1.165, 1.54) is 24.3 Å². The van der Waals surface area contributed by atoms with E-state index in [0.717, 1.165) is 28.3 Å². The second-order valence-electron chi connectivity index (χ2n) is 8.15. The molecule has 0 saturated heterocycles. The van der Waals surface area contributed by atoms with Crippen molar-refractivity contribution in [1.82, 2.24) is 14.7 Å².